The second-order valence-electron chi connectivity index (χ2n) is 11.9. The number of fused-ring (bicyclic) bond motifs is 1. The van der Waals surface area contributed by atoms with E-state index in [2.05, 4.69) is 54.3 Å². The molecule has 0 saturated heterocycles. The molecule has 0 unspecified atom stereocenters. The predicted molar refractivity (Wildman–Crippen MR) is 158 cm³/mol. The van der Waals surface area contributed by atoms with Gasteiger partial charge in [-0.1, -0.05) is 38.1 Å². The van der Waals surface area contributed by atoms with Gasteiger partial charge in [-0.25, -0.2) is 0 Å². The molecule has 2 amide bonds. The second-order valence-corrected chi connectivity index (χ2v) is 11.9. The molecule has 1 aliphatic carbocycles. The molecular weight excluding hydrogens is 500 g/mol. The van der Waals surface area contributed by atoms with Crippen LogP contribution in [-0.4, -0.2) is 39.3 Å². The number of benzene rings is 2. The molecule has 2 N–H and O–H groups in total. The van der Waals surface area contributed by atoms with Crippen molar-refractivity contribution in [2.24, 2.45) is 11.3 Å². The number of carbonyl (C=O) groups is 2. The smallest absolute Gasteiger partial charge is 0.249 e. The van der Waals surface area contributed by atoms with Crippen molar-refractivity contribution in [3.63, 3.8) is 0 Å². The number of hydrogen-bond donors (Lipinski definition) is 2. The van der Waals surface area contributed by atoms with Crippen molar-refractivity contribution >= 4 is 28.4 Å². The second kappa shape index (κ2) is 10.5. The summed E-state index contributed by atoms with van der Waals surface area (Å²) in [5.74, 6) is 0.822. The first kappa shape index (κ1) is 27.4. The van der Waals surface area contributed by atoms with Gasteiger partial charge >= 0.3 is 0 Å². The van der Waals surface area contributed by atoms with E-state index >= 15 is 0 Å². The number of amides is 2. The summed E-state index contributed by atoms with van der Waals surface area (Å²) in [6.45, 7) is 10.5. The van der Waals surface area contributed by atoms with Crippen LogP contribution in [0, 0.1) is 18.3 Å². The van der Waals surface area contributed by atoms with Gasteiger partial charge in [0.25, 0.3) is 0 Å². The molecule has 2 aromatic carbocycles. The molecule has 7 nitrogen and oxygen atoms in total. The van der Waals surface area contributed by atoms with Gasteiger partial charge in [0.15, 0.2) is 0 Å². The van der Waals surface area contributed by atoms with Gasteiger partial charge in [-0.2, -0.15) is 0 Å². The highest BCUT2D eigenvalue weighted by atomic mass is 16.5. The largest absolute Gasteiger partial charge is 0.497 e. The fourth-order valence-corrected chi connectivity index (χ4v) is 6.05. The number of nitrogens with one attached hydrogen (secondary N) is 2. The number of carbonyl (C=O) groups excluding carboxylic acids is 2. The Morgan fingerprint density at radius 1 is 1.07 bits per heavy atom. The minimum absolute atomic E-state index is 0.0408. The molecule has 0 spiro atoms. The Hall–Kier alpha value is -4.13. The highest BCUT2D eigenvalue weighted by Gasteiger charge is 2.60. The van der Waals surface area contributed by atoms with Crippen molar-refractivity contribution < 1.29 is 14.3 Å². The van der Waals surface area contributed by atoms with Crippen LogP contribution in [0.4, 0.5) is 5.69 Å². The zero-order chi connectivity index (χ0) is 28.7. The molecule has 2 heterocycles. The molecule has 1 aliphatic rings. The lowest BCUT2D eigenvalue weighted by atomic mass is 9.98. The molecule has 0 radical (unpaired) electrons. The van der Waals surface area contributed by atoms with Gasteiger partial charge in [0, 0.05) is 47.6 Å². The number of aromatic amines is 1. The summed E-state index contributed by atoms with van der Waals surface area (Å²) in [6, 6.07) is 19.3. The van der Waals surface area contributed by atoms with Crippen LogP contribution < -0.4 is 10.1 Å². The van der Waals surface area contributed by atoms with Crippen molar-refractivity contribution in [3.8, 4) is 5.75 Å². The minimum atomic E-state index is -1.11. The zero-order valence-corrected chi connectivity index (χ0v) is 24.1. The average molecular weight is 539 g/mol. The predicted octanol–water partition coefficient (Wildman–Crippen LogP) is 6.46. The van der Waals surface area contributed by atoms with E-state index in [0.717, 1.165) is 16.8 Å². The maximum Gasteiger partial charge on any atom is 0.249 e. The van der Waals surface area contributed by atoms with E-state index in [1.54, 1.807) is 62.5 Å². The van der Waals surface area contributed by atoms with E-state index in [-0.39, 0.29) is 29.1 Å². The van der Waals surface area contributed by atoms with Crippen molar-refractivity contribution in [1.29, 1.82) is 0 Å². The quantitative estimate of drug-likeness (QED) is 0.256. The number of aryl methyl sites for hydroxylation is 1. The van der Waals surface area contributed by atoms with Crippen LogP contribution in [-0.2, 0) is 16.1 Å². The number of para-hydroxylation sites is 1. The van der Waals surface area contributed by atoms with Gasteiger partial charge in [0.05, 0.1) is 7.11 Å². The maximum absolute atomic E-state index is 14.1. The minimum Gasteiger partial charge on any atom is -0.497 e. The van der Waals surface area contributed by atoms with Gasteiger partial charge in [0.1, 0.15) is 11.3 Å². The fraction of sp³-hybridized carbons (Fsp3) is 0.364. The standard InChI is InChI=1S/C33H38N4O3/c1-21-29(25-11-7-8-12-27(25)35-21)30-26(32(30,2)3)18-28(38)37(20-22-10-9-17-34-19-22)33(4,5)31(39)36-23-13-15-24(40-6)16-14-23/h7-17,19,26,30,35H,18,20H2,1-6H3,(H,36,39)/t26-,30-/m0/s1. The Morgan fingerprint density at radius 2 is 1.80 bits per heavy atom. The van der Waals surface area contributed by atoms with Gasteiger partial charge in [-0.05, 0) is 85.5 Å². The van der Waals surface area contributed by atoms with E-state index < -0.39 is 5.54 Å². The first-order valence-corrected chi connectivity index (χ1v) is 13.8. The van der Waals surface area contributed by atoms with Crippen LogP contribution in [0.3, 0.4) is 0 Å². The number of ether oxygens (including phenoxy) is 1. The fourth-order valence-electron chi connectivity index (χ4n) is 6.05. The van der Waals surface area contributed by atoms with Crippen LogP contribution in [0.15, 0.2) is 73.1 Å². The maximum atomic E-state index is 14.1. The van der Waals surface area contributed by atoms with Gasteiger partial charge in [0.2, 0.25) is 11.8 Å². The van der Waals surface area contributed by atoms with E-state index in [9.17, 15) is 9.59 Å². The van der Waals surface area contributed by atoms with Gasteiger partial charge < -0.3 is 19.9 Å². The van der Waals surface area contributed by atoms with Crippen LogP contribution in [0.2, 0.25) is 0 Å². The topological polar surface area (TPSA) is 87.3 Å². The molecule has 2 aromatic heterocycles. The molecule has 1 fully saturated rings. The Bertz CT molecular complexity index is 1520. The Labute approximate surface area is 236 Å². The molecule has 1 saturated carbocycles. The van der Waals surface area contributed by atoms with Crippen molar-refractivity contribution in [1.82, 2.24) is 14.9 Å². The average Bonchev–Trinajstić information content (AvgIpc) is 3.29. The number of methoxy groups -OCH3 is 1. The SMILES string of the molecule is COc1ccc(NC(=O)C(C)(C)N(Cc2cccnc2)C(=O)C[C@H]2[C@@H](c3c(C)[nH]c4ccccc34)C2(C)C)cc1. The summed E-state index contributed by atoms with van der Waals surface area (Å²) in [5.41, 5.74) is 3.94. The third-order valence-corrected chi connectivity index (χ3v) is 8.64. The molecule has 5 rings (SSSR count). The number of aromatic nitrogens is 2. The normalized spacial score (nSPS) is 17.9. The third kappa shape index (κ3) is 5.08. The number of pyridine rings is 1. The monoisotopic (exact) mass is 538 g/mol. The Kier molecular flexibility index (Phi) is 7.17. The van der Waals surface area contributed by atoms with Crippen LogP contribution in [0.25, 0.3) is 10.9 Å². The molecule has 4 aromatic rings. The summed E-state index contributed by atoms with van der Waals surface area (Å²) in [6.07, 6.45) is 3.81. The number of hydrogen-bond acceptors (Lipinski definition) is 4. The Balaban J connectivity index is 1.40. The van der Waals surface area contributed by atoms with E-state index in [1.807, 2.05) is 18.2 Å². The molecule has 7 heteroatoms. The summed E-state index contributed by atoms with van der Waals surface area (Å²) >= 11 is 0. The summed E-state index contributed by atoms with van der Waals surface area (Å²) in [5, 5.41) is 4.21. The van der Waals surface area contributed by atoms with E-state index in [1.165, 1.54) is 10.9 Å². The first-order chi connectivity index (χ1) is 19.0. The highest BCUT2D eigenvalue weighted by Crippen LogP contribution is 2.67. The number of nitrogens with zero attached hydrogens (tertiary/aromatic N) is 2. The molecular formula is C33H38N4O3. The van der Waals surface area contributed by atoms with Crippen LogP contribution in [0.1, 0.15) is 56.9 Å². The summed E-state index contributed by atoms with van der Waals surface area (Å²) in [7, 11) is 1.60. The molecule has 2 atom stereocenters. The molecule has 0 bridgehead atoms. The summed E-state index contributed by atoms with van der Waals surface area (Å²) in [4.78, 5) is 37.2. The van der Waals surface area contributed by atoms with Crippen molar-refractivity contribution in [2.75, 3.05) is 12.4 Å². The van der Waals surface area contributed by atoms with Crippen LogP contribution in [0.5, 0.6) is 5.75 Å². The molecule has 40 heavy (non-hydrogen) atoms. The molecule has 208 valence electrons. The highest BCUT2D eigenvalue weighted by molar-refractivity contribution is 6.00. The van der Waals surface area contributed by atoms with Crippen molar-refractivity contribution in [2.45, 2.75) is 59.0 Å². The number of H-pyrrole nitrogens is 1. The summed E-state index contributed by atoms with van der Waals surface area (Å²) < 4.78 is 5.23. The molecule has 0 aliphatic heterocycles. The number of anilines is 1. The van der Waals surface area contributed by atoms with Gasteiger partial charge in [-0.15, -0.1) is 0 Å². The van der Waals surface area contributed by atoms with E-state index in [4.69, 9.17) is 4.74 Å². The lowest BCUT2D eigenvalue weighted by Crippen LogP contribution is -2.54. The van der Waals surface area contributed by atoms with Crippen molar-refractivity contribution in [3.05, 3.63) is 89.9 Å². The van der Waals surface area contributed by atoms with Gasteiger partial charge in [-0.3, -0.25) is 14.6 Å². The Morgan fingerprint density at radius 3 is 2.48 bits per heavy atom. The number of rotatable bonds is 9. The van der Waals surface area contributed by atoms with E-state index in [0.29, 0.717) is 24.4 Å². The van der Waals surface area contributed by atoms with Crippen LogP contribution >= 0.6 is 0 Å². The third-order valence-electron chi connectivity index (χ3n) is 8.64. The first-order valence-electron chi connectivity index (χ1n) is 13.8. The zero-order valence-electron chi connectivity index (χ0n) is 24.1. The lowest BCUT2D eigenvalue weighted by molar-refractivity contribution is -0.145. The lowest BCUT2D eigenvalue weighted by Gasteiger charge is -2.37.